The Morgan fingerprint density at radius 1 is 1.47 bits per heavy atom. The highest BCUT2D eigenvalue weighted by Gasteiger charge is 2.46. The summed E-state index contributed by atoms with van der Waals surface area (Å²) >= 11 is 0. The lowest BCUT2D eigenvalue weighted by Gasteiger charge is -2.07. The summed E-state index contributed by atoms with van der Waals surface area (Å²) in [6.45, 7) is 5.15. The van der Waals surface area contributed by atoms with Crippen LogP contribution in [0, 0.1) is 17.2 Å². The van der Waals surface area contributed by atoms with Crippen LogP contribution in [0.4, 0.5) is 10.1 Å². The van der Waals surface area contributed by atoms with Crippen LogP contribution in [-0.2, 0) is 6.54 Å². The van der Waals surface area contributed by atoms with E-state index in [9.17, 15) is 4.39 Å². The molecule has 1 aromatic heterocycles. The molecule has 1 aliphatic carbocycles. The lowest BCUT2D eigenvalue weighted by molar-refractivity contribution is 0.466. The van der Waals surface area contributed by atoms with E-state index in [1.54, 1.807) is 16.8 Å². The molecule has 0 spiro atoms. The Kier molecular flexibility index (Phi) is 2.55. The van der Waals surface area contributed by atoms with Crippen LogP contribution in [0.15, 0.2) is 18.2 Å². The van der Waals surface area contributed by atoms with E-state index < -0.39 is 5.82 Å². The third-order valence-electron chi connectivity index (χ3n) is 3.88. The van der Waals surface area contributed by atoms with Gasteiger partial charge in [0.2, 0.25) is 0 Å². The molecule has 19 heavy (non-hydrogen) atoms. The second kappa shape index (κ2) is 4.01. The minimum absolute atomic E-state index is 0.336. The van der Waals surface area contributed by atoms with Crippen LogP contribution >= 0.6 is 0 Å². The molecule has 1 aliphatic rings. The van der Waals surface area contributed by atoms with Crippen LogP contribution < -0.4 is 5.73 Å². The Morgan fingerprint density at radius 3 is 2.84 bits per heavy atom. The molecule has 1 aromatic carbocycles. The summed E-state index contributed by atoms with van der Waals surface area (Å²) in [7, 11) is 0. The molecular weight excluding hydrogens is 245 g/mol. The number of anilines is 1. The Morgan fingerprint density at radius 2 is 2.21 bits per heavy atom. The standard InChI is InChI=1S/C13H16FN5/c1-13(2)6-8(13)7-19-12(16-17-18-19)10-4-3-9(15)5-11(10)14/h3-5,8H,6-7,15H2,1-2H3. The first-order chi connectivity index (χ1) is 8.97. The van der Waals surface area contributed by atoms with Gasteiger partial charge in [-0.2, -0.15) is 0 Å². The van der Waals surface area contributed by atoms with Crippen molar-refractivity contribution in [2.75, 3.05) is 5.73 Å². The Labute approximate surface area is 110 Å². The van der Waals surface area contributed by atoms with E-state index in [1.165, 1.54) is 6.07 Å². The predicted octanol–water partition coefficient (Wildman–Crippen LogP) is 2.11. The smallest absolute Gasteiger partial charge is 0.184 e. The maximum Gasteiger partial charge on any atom is 0.184 e. The Bertz CT molecular complexity index is 619. The van der Waals surface area contributed by atoms with Crippen LogP contribution in [0.3, 0.4) is 0 Å². The van der Waals surface area contributed by atoms with E-state index in [0.29, 0.717) is 28.4 Å². The van der Waals surface area contributed by atoms with Gasteiger partial charge in [-0.3, -0.25) is 0 Å². The second-order valence-electron chi connectivity index (χ2n) is 5.81. The van der Waals surface area contributed by atoms with Crippen LogP contribution in [0.2, 0.25) is 0 Å². The molecule has 1 saturated carbocycles. The van der Waals surface area contributed by atoms with Gasteiger partial charge in [-0.15, -0.1) is 5.10 Å². The topological polar surface area (TPSA) is 69.6 Å². The van der Waals surface area contributed by atoms with Crippen LogP contribution in [0.5, 0.6) is 0 Å². The quantitative estimate of drug-likeness (QED) is 0.859. The van der Waals surface area contributed by atoms with Gasteiger partial charge in [0.05, 0.1) is 5.56 Å². The van der Waals surface area contributed by atoms with E-state index in [-0.39, 0.29) is 0 Å². The normalized spacial score (nSPS) is 20.5. The fourth-order valence-corrected chi connectivity index (χ4v) is 2.33. The summed E-state index contributed by atoms with van der Waals surface area (Å²) in [5.74, 6) is 0.609. The van der Waals surface area contributed by atoms with Crippen molar-refractivity contribution in [3.63, 3.8) is 0 Å². The number of hydrogen-bond acceptors (Lipinski definition) is 4. The van der Waals surface area contributed by atoms with Gasteiger partial charge in [0.25, 0.3) is 0 Å². The minimum Gasteiger partial charge on any atom is -0.399 e. The summed E-state index contributed by atoms with van der Waals surface area (Å²) in [4.78, 5) is 0. The zero-order chi connectivity index (χ0) is 13.6. The second-order valence-corrected chi connectivity index (χ2v) is 5.81. The zero-order valence-electron chi connectivity index (χ0n) is 11.0. The molecule has 0 bridgehead atoms. The van der Waals surface area contributed by atoms with E-state index in [1.807, 2.05) is 0 Å². The van der Waals surface area contributed by atoms with E-state index in [0.717, 1.165) is 13.0 Å². The largest absolute Gasteiger partial charge is 0.399 e. The summed E-state index contributed by atoms with van der Waals surface area (Å²) in [5.41, 5.74) is 6.66. The highest BCUT2D eigenvalue weighted by molar-refractivity contribution is 5.59. The summed E-state index contributed by atoms with van der Waals surface area (Å²) in [6.07, 6.45) is 1.15. The number of halogens is 1. The monoisotopic (exact) mass is 261 g/mol. The van der Waals surface area contributed by atoms with E-state index in [2.05, 4.69) is 29.4 Å². The van der Waals surface area contributed by atoms with Gasteiger partial charge in [-0.05, 0) is 46.4 Å². The number of nitrogens with zero attached hydrogens (tertiary/aromatic N) is 4. The van der Waals surface area contributed by atoms with Crippen molar-refractivity contribution in [3.05, 3.63) is 24.0 Å². The molecule has 6 heteroatoms. The van der Waals surface area contributed by atoms with E-state index in [4.69, 9.17) is 5.73 Å². The molecule has 1 heterocycles. The van der Waals surface area contributed by atoms with Crippen LogP contribution in [0.25, 0.3) is 11.4 Å². The first-order valence-electron chi connectivity index (χ1n) is 6.29. The SMILES string of the molecule is CC1(C)CC1Cn1nnnc1-c1ccc(N)cc1F. The minimum atomic E-state index is -0.397. The first kappa shape index (κ1) is 12.1. The molecule has 5 nitrogen and oxygen atoms in total. The van der Waals surface area contributed by atoms with Crippen molar-refractivity contribution in [2.24, 2.45) is 11.3 Å². The maximum absolute atomic E-state index is 13.9. The fourth-order valence-electron chi connectivity index (χ4n) is 2.33. The highest BCUT2D eigenvalue weighted by atomic mass is 19.1. The van der Waals surface area contributed by atoms with Gasteiger partial charge >= 0.3 is 0 Å². The number of hydrogen-bond donors (Lipinski definition) is 1. The number of nitrogen functional groups attached to an aromatic ring is 1. The molecule has 1 fully saturated rings. The Hall–Kier alpha value is -1.98. The van der Waals surface area contributed by atoms with Gasteiger partial charge in [0.1, 0.15) is 5.82 Å². The van der Waals surface area contributed by atoms with Gasteiger partial charge < -0.3 is 5.73 Å². The molecular formula is C13H16FN5. The summed E-state index contributed by atoms with van der Waals surface area (Å²) in [5, 5.41) is 11.5. The van der Waals surface area contributed by atoms with Crippen molar-refractivity contribution >= 4 is 5.69 Å². The molecule has 3 rings (SSSR count). The van der Waals surface area contributed by atoms with Crippen LogP contribution in [0.1, 0.15) is 20.3 Å². The van der Waals surface area contributed by atoms with Crippen molar-refractivity contribution < 1.29 is 4.39 Å². The maximum atomic E-state index is 13.9. The highest BCUT2D eigenvalue weighted by Crippen LogP contribution is 2.52. The molecule has 0 amide bonds. The first-order valence-corrected chi connectivity index (χ1v) is 6.29. The van der Waals surface area contributed by atoms with E-state index >= 15 is 0 Å². The number of tetrazole rings is 1. The van der Waals surface area contributed by atoms with Crippen molar-refractivity contribution in [1.82, 2.24) is 20.2 Å². The summed E-state index contributed by atoms with van der Waals surface area (Å²) < 4.78 is 15.6. The van der Waals surface area contributed by atoms with Crippen molar-refractivity contribution in [3.8, 4) is 11.4 Å². The average molecular weight is 261 g/mol. The summed E-state index contributed by atoms with van der Waals surface area (Å²) in [6, 6.07) is 4.55. The molecule has 0 radical (unpaired) electrons. The zero-order valence-corrected chi connectivity index (χ0v) is 11.0. The third-order valence-corrected chi connectivity index (χ3v) is 3.88. The van der Waals surface area contributed by atoms with Crippen molar-refractivity contribution in [1.29, 1.82) is 0 Å². The van der Waals surface area contributed by atoms with Gasteiger partial charge in [0, 0.05) is 12.2 Å². The predicted molar refractivity (Wildman–Crippen MR) is 69.5 cm³/mol. The number of nitrogens with two attached hydrogens (primary N) is 1. The van der Waals surface area contributed by atoms with Gasteiger partial charge in [0.15, 0.2) is 5.82 Å². The van der Waals surface area contributed by atoms with Gasteiger partial charge in [-0.1, -0.05) is 13.8 Å². The van der Waals surface area contributed by atoms with Crippen LogP contribution in [-0.4, -0.2) is 20.2 Å². The van der Waals surface area contributed by atoms with Gasteiger partial charge in [-0.25, -0.2) is 9.07 Å². The molecule has 0 saturated heterocycles. The van der Waals surface area contributed by atoms with Crippen molar-refractivity contribution in [2.45, 2.75) is 26.8 Å². The lowest BCUT2D eigenvalue weighted by Crippen LogP contribution is -2.08. The lowest BCUT2D eigenvalue weighted by atomic mass is 10.1. The number of benzene rings is 1. The number of rotatable bonds is 3. The molecule has 1 unspecified atom stereocenters. The third kappa shape index (κ3) is 2.18. The molecule has 2 N–H and O–H groups in total. The average Bonchev–Trinajstić information content (AvgIpc) is 2.72. The number of aromatic nitrogens is 4. The molecule has 100 valence electrons. The Balaban J connectivity index is 1.91. The fraction of sp³-hybridized carbons (Fsp3) is 0.462. The molecule has 0 aliphatic heterocycles. The molecule has 1 atom stereocenters. The molecule has 2 aromatic rings.